The second kappa shape index (κ2) is 10.7. The molecule has 5 rings (SSSR count). The number of pyridine rings is 1. The molecule has 192 valence electrons. The molecule has 1 amide bonds. The minimum atomic E-state index is -3.59. The zero-order valence-corrected chi connectivity index (χ0v) is 22.7. The molecule has 0 radical (unpaired) electrons. The summed E-state index contributed by atoms with van der Waals surface area (Å²) < 4.78 is 29.0. The maximum Gasteiger partial charge on any atom is 0.260 e. The second-order valence-corrected chi connectivity index (χ2v) is 12.3. The van der Waals surface area contributed by atoms with E-state index in [0.717, 1.165) is 52.7 Å². The molecule has 4 aromatic rings. The number of aryl methyl sites for hydroxylation is 2. The Morgan fingerprint density at radius 2 is 1.65 bits per heavy atom. The monoisotopic (exact) mass is 534 g/mol. The number of thiazole rings is 1. The normalized spacial score (nSPS) is 15.0. The van der Waals surface area contributed by atoms with Gasteiger partial charge in [0.25, 0.3) is 5.91 Å². The van der Waals surface area contributed by atoms with Crippen molar-refractivity contribution in [3.63, 3.8) is 0 Å². The summed E-state index contributed by atoms with van der Waals surface area (Å²) in [5.74, 6) is -0.251. The minimum absolute atomic E-state index is 0.216. The van der Waals surface area contributed by atoms with Gasteiger partial charge in [0.1, 0.15) is 0 Å². The van der Waals surface area contributed by atoms with Crippen molar-refractivity contribution in [2.45, 2.75) is 51.0 Å². The predicted molar refractivity (Wildman–Crippen MR) is 148 cm³/mol. The first kappa shape index (κ1) is 25.5. The van der Waals surface area contributed by atoms with Crippen molar-refractivity contribution in [3.05, 3.63) is 83.2 Å². The van der Waals surface area contributed by atoms with Gasteiger partial charge in [-0.1, -0.05) is 42.4 Å². The molecule has 1 aliphatic heterocycles. The van der Waals surface area contributed by atoms with E-state index >= 15 is 0 Å². The number of sulfonamides is 1. The summed E-state index contributed by atoms with van der Waals surface area (Å²) in [7, 11) is -3.59. The highest BCUT2D eigenvalue weighted by molar-refractivity contribution is 7.89. The lowest BCUT2D eigenvalue weighted by Gasteiger charge is -2.21. The molecule has 0 aliphatic carbocycles. The Hall–Kier alpha value is -3.14. The second-order valence-electron chi connectivity index (χ2n) is 9.43. The SMILES string of the molecule is Cc1ccc(C)c2sc(N(Cc3ccccn3)C(=O)c3ccc(S(=O)(=O)N4CCCCCC4)cc3)nc12. The third-order valence-electron chi connectivity index (χ3n) is 6.76. The van der Waals surface area contributed by atoms with Gasteiger partial charge >= 0.3 is 0 Å². The first-order valence-corrected chi connectivity index (χ1v) is 14.8. The van der Waals surface area contributed by atoms with Gasteiger partial charge in [-0.2, -0.15) is 4.31 Å². The number of carbonyl (C=O) groups excluding carboxylic acids is 1. The molecule has 37 heavy (non-hydrogen) atoms. The summed E-state index contributed by atoms with van der Waals surface area (Å²) in [6.45, 7) is 5.39. The van der Waals surface area contributed by atoms with Crippen molar-refractivity contribution in [1.29, 1.82) is 0 Å². The van der Waals surface area contributed by atoms with Crippen LogP contribution in [0.1, 0.15) is 52.9 Å². The summed E-state index contributed by atoms with van der Waals surface area (Å²) in [5.41, 5.74) is 4.19. The van der Waals surface area contributed by atoms with Gasteiger partial charge in [0.05, 0.1) is 27.4 Å². The van der Waals surface area contributed by atoms with E-state index in [1.54, 1.807) is 39.7 Å². The van der Waals surface area contributed by atoms with E-state index < -0.39 is 10.0 Å². The zero-order chi connectivity index (χ0) is 26.0. The largest absolute Gasteiger partial charge is 0.278 e. The van der Waals surface area contributed by atoms with Gasteiger partial charge < -0.3 is 0 Å². The van der Waals surface area contributed by atoms with E-state index in [-0.39, 0.29) is 17.3 Å². The van der Waals surface area contributed by atoms with Crippen molar-refractivity contribution in [2.24, 2.45) is 0 Å². The number of nitrogens with zero attached hydrogens (tertiary/aromatic N) is 4. The Labute approximate surface area is 221 Å². The molecule has 2 aromatic carbocycles. The summed E-state index contributed by atoms with van der Waals surface area (Å²) >= 11 is 1.48. The molecule has 1 saturated heterocycles. The third kappa shape index (κ3) is 5.30. The lowest BCUT2D eigenvalue weighted by atomic mass is 10.1. The van der Waals surface area contributed by atoms with Crippen molar-refractivity contribution in [3.8, 4) is 0 Å². The lowest BCUT2D eigenvalue weighted by molar-refractivity contribution is 0.0984. The molecule has 0 bridgehead atoms. The quantitative estimate of drug-likeness (QED) is 0.316. The summed E-state index contributed by atoms with van der Waals surface area (Å²) in [6.07, 6.45) is 5.55. The Bertz CT molecular complexity index is 1470. The van der Waals surface area contributed by atoms with Crippen LogP contribution >= 0.6 is 11.3 Å². The number of amides is 1. The molecule has 2 aromatic heterocycles. The number of fused-ring (bicyclic) bond motifs is 1. The Morgan fingerprint density at radius 1 is 0.946 bits per heavy atom. The van der Waals surface area contributed by atoms with Crippen LogP contribution in [-0.4, -0.2) is 41.7 Å². The van der Waals surface area contributed by atoms with E-state index in [0.29, 0.717) is 23.8 Å². The van der Waals surface area contributed by atoms with Crippen LogP contribution in [0.5, 0.6) is 0 Å². The Balaban J connectivity index is 1.48. The first-order chi connectivity index (χ1) is 17.8. The first-order valence-electron chi connectivity index (χ1n) is 12.5. The molecule has 0 spiro atoms. The number of carbonyl (C=O) groups is 1. The fraction of sp³-hybridized carbons (Fsp3) is 0.321. The van der Waals surface area contributed by atoms with Crippen LogP contribution in [0.2, 0.25) is 0 Å². The fourth-order valence-electron chi connectivity index (χ4n) is 4.60. The van der Waals surface area contributed by atoms with Gasteiger partial charge in [-0.25, -0.2) is 13.4 Å². The van der Waals surface area contributed by atoms with Crippen LogP contribution in [-0.2, 0) is 16.6 Å². The Kier molecular flexibility index (Phi) is 7.37. The van der Waals surface area contributed by atoms with Gasteiger partial charge in [0, 0.05) is 24.8 Å². The van der Waals surface area contributed by atoms with Gasteiger partial charge in [-0.05, 0) is 74.2 Å². The highest BCUT2D eigenvalue weighted by Gasteiger charge is 2.27. The molecule has 0 saturated carbocycles. The van der Waals surface area contributed by atoms with Crippen LogP contribution in [0.4, 0.5) is 5.13 Å². The van der Waals surface area contributed by atoms with Crippen LogP contribution < -0.4 is 4.90 Å². The average Bonchev–Trinajstić information content (AvgIpc) is 3.18. The van der Waals surface area contributed by atoms with E-state index in [2.05, 4.69) is 11.1 Å². The topological polar surface area (TPSA) is 83.5 Å². The van der Waals surface area contributed by atoms with E-state index in [9.17, 15) is 13.2 Å². The van der Waals surface area contributed by atoms with Crippen LogP contribution in [0.25, 0.3) is 10.2 Å². The van der Waals surface area contributed by atoms with Crippen molar-refractivity contribution >= 4 is 42.6 Å². The Morgan fingerprint density at radius 3 is 2.30 bits per heavy atom. The maximum absolute atomic E-state index is 13.8. The van der Waals surface area contributed by atoms with Gasteiger partial charge in [0.15, 0.2) is 5.13 Å². The van der Waals surface area contributed by atoms with E-state index in [4.69, 9.17) is 4.98 Å². The third-order valence-corrected chi connectivity index (χ3v) is 9.88. The van der Waals surface area contributed by atoms with Crippen molar-refractivity contribution in [1.82, 2.24) is 14.3 Å². The number of aromatic nitrogens is 2. The lowest BCUT2D eigenvalue weighted by Crippen LogP contribution is -2.32. The number of anilines is 1. The zero-order valence-electron chi connectivity index (χ0n) is 21.1. The number of hydrogen-bond donors (Lipinski definition) is 0. The number of hydrogen-bond acceptors (Lipinski definition) is 6. The number of benzene rings is 2. The van der Waals surface area contributed by atoms with E-state index in [1.165, 1.54) is 11.3 Å². The van der Waals surface area contributed by atoms with Gasteiger partial charge in [-0.3, -0.25) is 14.7 Å². The molecule has 0 N–H and O–H groups in total. The van der Waals surface area contributed by atoms with Crippen LogP contribution in [0.3, 0.4) is 0 Å². The molecule has 7 nitrogen and oxygen atoms in total. The maximum atomic E-state index is 13.8. The summed E-state index contributed by atoms with van der Waals surface area (Å²) in [6, 6.07) is 16.0. The average molecular weight is 535 g/mol. The predicted octanol–water partition coefficient (Wildman–Crippen LogP) is 5.72. The van der Waals surface area contributed by atoms with Gasteiger partial charge in [0.2, 0.25) is 10.0 Å². The van der Waals surface area contributed by atoms with Crippen molar-refractivity contribution < 1.29 is 13.2 Å². The summed E-state index contributed by atoms with van der Waals surface area (Å²) in [5, 5.41) is 0.587. The molecular weight excluding hydrogens is 504 g/mol. The molecule has 3 heterocycles. The highest BCUT2D eigenvalue weighted by Crippen LogP contribution is 2.34. The molecule has 1 fully saturated rings. The standard InChI is InChI=1S/C28H30N4O3S2/c1-20-10-11-21(2)26-25(20)30-28(36-26)32(19-23-9-5-6-16-29-23)27(33)22-12-14-24(15-13-22)37(34,35)31-17-7-3-4-8-18-31/h5-6,9-16H,3-4,7-8,17-19H2,1-2H3. The van der Waals surface area contributed by atoms with Crippen LogP contribution in [0, 0.1) is 13.8 Å². The van der Waals surface area contributed by atoms with Gasteiger partial charge in [-0.15, -0.1) is 0 Å². The molecule has 1 aliphatic rings. The van der Waals surface area contributed by atoms with Crippen LogP contribution in [0.15, 0.2) is 65.7 Å². The molecular formula is C28H30N4O3S2. The molecule has 0 atom stereocenters. The fourth-order valence-corrected chi connectivity index (χ4v) is 7.23. The van der Waals surface area contributed by atoms with E-state index in [1.807, 2.05) is 38.1 Å². The highest BCUT2D eigenvalue weighted by atomic mass is 32.2. The molecule has 9 heteroatoms. The summed E-state index contributed by atoms with van der Waals surface area (Å²) in [4.78, 5) is 24.9. The van der Waals surface area contributed by atoms with Crippen molar-refractivity contribution in [2.75, 3.05) is 18.0 Å². The number of rotatable bonds is 6. The molecule has 0 unspecified atom stereocenters. The minimum Gasteiger partial charge on any atom is -0.278 e. The smallest absolute Gasteiger partial charge is 0.260 e.